The van der Waals surface area contributed by atoms with Crippen molar-refractivity contribution in [2.24, 2.45) is 0 Å². The molecule has 0 aromatic heterocycles. The van der Waals surface area contributed by atoms with Crippen molar-refractivity contribution in [1.29, 1.82) is 0 Å². The highest BCUT2D eigenvalue weighted by molar-refractivity contribution is 8.18. The number of benzene rings is 2. The van der Waals surface area contributed by atoms with E-state index in [2.05, 4.69) is 4.74 Å². The van der Waals surface area contributed by atoms with Crippen molar-refractivity contribution < 1.29 is 19.1 Å². The molecule has 0 unspecified atom stereocenters. The van der Waals surface area contributed by atoms with Gasteiger partial charge in [0, 0.05) is 0 Å². The van der Waals surface area contributed by atoms with E-state index in [9.17, 15) is 14.4 Å². The van der Waals surface area contributed by atoms with Gasteiger partial charge in [-0.3, -0.25) is 19.3 Å². The van der Waals surface area contributed by atoms with Crippen LogP contribution >= 0.6 is 11.8 Å². The van der Waals surface area contributed by atoms with Gasteiger partial charge in [-0.1, -0.05) is 42.5 Å². The van der Waals surface area contributed by atoms with E-state index in [1.807, 2.05) is 42.5 Å². The Labute approximate surface area is 136 Å². The highest BCUT2D eigenvalue weighted by Crippen LogP contribution is 2.33. The van der Waals surface area contributed by atoms with Gasteiger partial charge in [0.05, 0.1) is 12.0 Å². The lowest BCUT2D eigenvalue weighted by Gasteiger charge is -2.09. The van der Waals surface area contributed by atoms with E-state index in [1.54, 1.807) is 6.08 Å². The minimum atomic E-state index is -0.626. The van der Waals surface area contributed by atoms with Crippen molar-refractivity contribution in [2.75, 3.05) is 13.7 Å². The number of esters is 1. The highest BCUT2D eigenvalue weighted by Gasteiger charge is 2.36. The third-order valence-corrected chi connectivity index (χ3v) is 4.41. The summed E-state index contributed by atoms with van der Waals surface area (Å²) in [5.41, 5.74) is 0.853. The maximum absolute atomic E-state index is 12.3. The molecule has 0 atom stereocenters. The van der Waals surface area contributed by atoms with Gasteiger partial charge in [-0.25, -0.2) is 0 Å². The summed E-state index contributed by atoms with van der Waals surface area (Å²) >= 11 is 0.828. The number of carbonyl (C=O) groups excluding carboxylic acids is 3. The Morgan fingerprint density at radius 3 is 2.70 bits per heavy atom. The Morgan fingerprint density at radius 2 is 1.91 bits per heavy atom. The molecule has 0 bridgehead atoms. The molecule has 1 fully saturated rings. The number of carbonyl (C=O) groups is 3. The smallest absolute Gasteiger partial charge is 0.325 e. The zero-order valence-corrected chi connectivity index (χ0v) is 13.1. The number of thioether (sulfide) groups is 1. The van der Waals surface area contributed by atoms with E-state index in [0.29, 0.717) is 4.91 Å². The minimum absolute atomic E-state index is 0.301. The maximum Gasteiger partial charge on any atom is 0.325 e. The lowest BCUT2D eigenvalue weighted by Crippen LogP contribution is -2.34. The number of fused-ring (bicyclic) bond motifs is 1. The molecule has 6 heteroatoms. The standard InChI is InChI=1S/C17H13NO4S/c1-22-15(19)10-18-16(20)14(23-17(18)21)9-12-7-4-6-11-5-2-3-8-13(11)12/h2-9H,10H2,1H3/b14-9+. The largest absolute Gasteiger partial charge is 0.468 e. The van der Waals surface area contributed by atoms with Gasteiger partial charge in [-0.15, -0.1) is 0 Å². The van der Waals surface area contributed by atoms with Crippen molar-refractivity contribution in [1.82, 2.24) is 4.90 Å². The fraction of sp³-hybridized carbons (Fsp3) is 0.118. The average Bonchev–Trinajstić information content (AvgIpc) is 2.82. The van der Waals surface area contributed by atoms with Gasteiger partial charge >= 0.3 is 5.97 Å². The summed E-state index contributed by atoms with van der Waals surface area (Å²) in [6.45, 7) is -0.367. The predicted octanol–water partition coefficient (Wildman–Crippen LogP) is 3.05. The molecule has 116 valence electrons. The molecule has 3 rings (SSSR count). The van der Waals surface area contributed by atoms with Gasteiger partial charge in [0.25, 0.3) is 11.1 Å². The minimum Gasteiger partial charge on any atom is -0.468 e. The van der Waals surface area contributed by atoms with Crippen molar-refractivity contribution in [2.45, 2.75) is 0 Å². The number of hydrogen-bond donors (Lipinski definition) is 0. The fourth-order valence-corrected chi connectivity index (χ4v) is 3.18. The van der Waals surface area contributed by atoms with E-state index in [0.717, 1.165) is 33.0 Å². The lowest BCUT2D eigenvalue weighted by molar-refractivity contribution is -0.143. The lowest BCUT2D eigenvalue weighted by atomic mass is 10.0. The molecular weight excluding hydrogens is 314 g/mol. The van der Waals surface area contributed by atoms with Crippen LogP contribution in [0.15, 0.2) is 47.4 Å². The Kier molecular flexibility index (Phi) is 4.16. The molecule has 2 amide bonds. The molecule has 5 nitrogen and oxygen atoms in total. The molecule has 0 radical (unpaired) electrons. The third kappa shape index (κ3) is 2.98. The molecule has 1 aliphatic heterocycles. The quantitative estimate of drug-likeness (QED) is 0.640. The van der Waals surface area contributed by atoms with E-state index in [-0.39, 0.29) is 6.54 Å². The first-order valence-corrected chi connectivity index (χ1v) is 7.72. The summed E-state index contributed by atoms with van der Waals surface area (Å²) in [5.74, 6) is -1.10. The van der Waals surface area contributed by atoms with E-state index >= 15 is 0 Å². The Balaban J connectivity index is 1.95. The van der Waals surface area contributed by atoms with Crippen LogP contribution in [-0.2, 0) is 14.3 Å². The first-order chi connectivity index (χ1) is 11.1. The van der Waals surface area contributed by atoms with Crippen LogP contribution < -0.4 is 0 Å². The van der Waals surface area contributed by atoms with Crippen LogP contribution in [0.25, 0.3) is 16.8 Å². The van der Waals surface area contributed by atoms with Crippen LogP contribution in [0.2, 0.25) is 0 Å². The molecule has 0 N–H and O–H groups in total. The molecule has 2 aromatic rings. The predicted molar refractivity (Wildman–Crippen MR) is 88.6 cm³/mol. The molecular formula is C17H13NO4S. The Hall–Kier alpha value is -2.60. The van der Waals surface area contributed by atoms with Gasteiger partial charge in [0.15, 0.2) is 0 Å². The molecule has 0 saturated carbocycles. The van der Waals surface area contributed by atoms with Crippen LogP contribution in [0.3, 0.4) is 0 Å². The summed E-state index contributed by atoms with van der Waals surface area (Å²) in [6.07, 6.45) is 1.69. The summed E-state index contributed by atoms with van der Waals surface area (Å²) < 4.78 is 4.51. The zero-order chi connectivity index (χ0) is 16.4. The van der Waals surface area contributed by atoms with Crippen molar-refractivity contribution in [3.8, 4) is 0 Å². The average molecular weight is 327 g/mol. The number of ether oxygens (including phenoxy) is 1. The number of amides is 2. The zero-order valence-electron chi connectivity index (χ0n) is 12.3. The van der Waals surface area contributed by atoms with Gasteiger partial charge in [0.2, 0.25) is 0 Å². The van der Waals surface area contributed by atoms with Crippen molar-refractivity contribution in [3.05, 3.63) is 52.9 Å². The van der Waals surface area contributed by atoms with Crippen LogP contribution in [0.5, 0.6) is 0 Å². The number of hydrogen-bond acceptors (Lipinski definition) is 5. The van der Waals surface area contributed by atoms with E-state index in [1.165, 1.54) is 7.11 Å². The molecule has 1 aliphatic rings. The highest BCUT2D eigenvalue weighted by atomic mass is 32.2. The molecule has 2 aromatic carbocycles. The number of imide groups is 1. The number of methoxy groups -OCH3 is 1. The molecule has 0 spiro atoms. The topological polar surface area (TPSA) is 63.7 Å². The van der Waals surface area contributed by atoms with Crippen LogP contribution in [-0.4, -0.2) is 35.7 Å². The third-order valence-electron chi connectivity index (χ3n) is 3.50. The Bertz CT molecular complexity index is 838. The number of nitrogens with zero attached hydrogens (tertiary/aromatic N) is 1. The van der Waals surface area contributed by atoms with Gasteiger partial charge in [0.1, 0.15) is 6.54 Å². The van der Waals surface area contributed by atoms with Crippen molar-refractivity contribution in [3.63, 3.8) is 0 Å². The fourth-order valence-electron chi connectivity index (χ4n) is 2.35. The number of rotatable bonds is 3. The summed E-state index contributed by atoms with van der Waals surface area (Å²) in [7, 11) is 1.22. The normalized spacial score (nSPS) is 16.4. The summed E-state index contributed by atoms with van der Waals surface area (Å²) in [4.78, 5) is 36.7. The first-order valence-electron chi connectivity index (χ1n) is 6.90. The first kappa shape index (κ1) is 15.3. The van der Waals surface area contributed by atoms with E-state index < -0.39 is 17.1 Å². The molecule has 0 aliphatic carbocycles. The molecule has 23 heavy (non-hydrogen) atoms. The van der Waals surface area contributed by atoms with Gasteiger partial charge in [-0.2, -0.15) is 0 Å². The van der Waals surface area contributed by atoms with E-state index in [4.69, 9.17) is 0 Å². The second-order valence-electron chi connectivity index (χ2n) is 4.91. The van der Waals surface area contributed by atoms with Gasteiger partial charge in [-0.05, 0) is 34.2 Å². The second-order valence-corrected chi connectivity index (χ2v) is 5.91. The summed E-state index contributed by atoms with van der Waals surface area (Å²) in [5, 5.41) is 1.58. The van der Waals surface area contributed by atoms with Crippen molar-refractivity contribution >= 4 is 45.7 Å². The Morgan fingerprint density at radius 1 is 1.17 bits per heavy atom. The van der Waals surface area contributed by atoms with Crippen LogP contribution in [0, 0.1) is 0 Å². The monoisotopic (exact) mass is 327 g/mol. The van der Waals surface area contributed by atoms with Crippen LogP contribution in [0.4, 0.5) is 4.79 Å². The SMILES string of the molecule is COC(=O)CN1C(=O)S/C(=C/c2cccc3ccccc23)C1=O. The maximum atomic E-state index is 12.3. The molecule has 1 saturated heterocycles. The van der Waals surface area contributed by atoms with Crippen LogP contribution in [0.1, 0.15) is 5.56 Å². The molecule has 1 heterocycles. The van der Waals surface area contributed by atoms with Gasteiger partial charge < -0.3 is 4.74 Å². The summed E-state index contributed by atoms with van der Waals surface area (Å²) in [6, 6.07) is 13.6. The second kappa shape index (κ2) is 6.26.